The number of aryl methyl sites for hydroxylation is 4. The van der Waals surface area contributed by atoms with E-state index < -0.39 is 0 Å². The van der Waals surface area contributed by atoms with Crippen molar-refractivity contribution in [3.05, 3.63) is 70.8 Å². The molecule has 0 bridgehead atoms. The van der Waals surface area contributed by atoms with E-state index in [9.17, 15) is 0 Å². The van der Waals surface area contributed by atoms with Crippen LogP contribution in [0.5, 0.6) is 0 Å². The van der Waals surface area contributed by atoms with Crippen LogP contribution in [0.3, 0.4) is 0 Å². The lowest BCUT2D eigenvalue weighted by Gasteiger charge is -2.02. The van der Waals surface area contributed by atoms with E-state index in [1.165, 1.54) is 22.3 Å². The Kier molecular flexibility index (Phi) is 7.72. The van der Waals surface area contributed by atoms with Gasteiger partial charge in [0, 0.05) is 0 Å². The van der Waals surface area contributed by atoms with E-state index in [0.717, 1.165) is 25.7 Å². The lowest BCUT2D eigenvalue weighted by atomic mass is 10.0. The molecule has 108 valence electrons. The molecule has 0 heterocycles. The van der Waals surface area contributed by atoms with Gasteiger partial charge in [-0.2, -0.15) is 0 Å². The molecule has 0 saturated heterocycles. The highest BCUT2D eigenvalue weighted by Crippen LogP contribution is 2.09. The molecular formula is C20H28. The molecule has 0 atom stereocenters. The first-order valence-electron chi connectivity index (χ1n) is 7.89. The van der Waals surface area contributed by atoms with E-state index in [-0.39, 0.29) is 0 Å². The van der Waals surface area contributed by atoms with Crippen LogP contribution in [0.25, 0.3) is 0 Å². The zero-order valence-corrected chi connectivity index (χ0v) is 13.4. The third-order valence-corrected chi connectivity index (χ3v) is 3.69. The van der Waals surface area contributed by atoms with Crippen molar-refractivity contribution in [3.8, 4) is 0 Å². The summed E-state index contributed by atoms with van der Waals surface area (Å²) >= 11 is 0. The topological polar surface area (TPSA) is 0 Å². The Hall–Kier alpha value is -1.56. The van der Waals surface area contributed by atoms with E-state index in [1.54, 1.807) is 0 Å². The van der Waals surface area contributed by atoms with Crippen molar-refractivity contribution in [2.45, 2.75) is 53.4 Å². The lowest BCUT2D eigenvalue weighted by Crippen LogP contribution is -1.88. The molecule has 0 heteroatoms. The first kappa shape index (κ1) is 16.5. The Labute approximate surface area is 124 Å². The summed E-state index contributed by atoms with van der Waals surface area (Å²) in [6.45, 7) is 8.78. The maximum atomic E-state index is 2.28. The monoisotopic (exact) mass is 268 g/mol. The first-order valence-corrected chi connectivity index (χ1v) is 7.89. The van der Waals surface area contributed by atoms with Gasteiger partial charge in [0.1, 0.15) is 0 Å². The minimum Gasteiger partial charge on any atom is -0.0620 e. The van der Waals surface area contributed by atoms with Crippen LogP contribution in [-0.4, -0.2) is 0 Å². The lowest BCUT2D eigenvalue weighted by molar-refractivity contribution is 1.04. The molecule has 0 spiro atoms. The van der Waals surface area contributed by atoms with Crippen LogP contribution in [0, 0.1) is 0 Å². The molecule has 0 amide bonds. The molecule has 0 saturated carbocycles. The molecular weight excluding hydrogens is 240 g/mol. The number of rotatable bonds is 4. The predicted molar refractivity (Wildman–Crippen MR) is 90.4 cm³/mol. The van der Waals surface area contributed by atoms with Gasteiger partial charge in [-0.25, -0.2) is 0 Å². The minimum absolute atomic E-state index is 1.15. The molecule has 0 N–H and O–H groups in total. The third kappa shape index (κ3) is 5.21. The maximum absolute atomic E-state index is 2.28. The Balaban J connectivity index is 0.000000200. The SMILES string of the molecule is CCc1cccc(CC)c1.CCc1ccccc1CC. The molecule has 20 heavy (non-hydrogen) atoms. The second kappa shape index (κ2) is 9.36. The molecule has 2 aromatic carbocycles. The second-order valence-electron chi connectivity index (χ2n) is 5.00. The Morgan fingerprint density at radius 1 is 0.550 bits per heavy atom. The Bertz CT molecular complexity index is 455. The van der Waals surface area contributed by atoms with Gasteiger partial charge in [0.15, 0.2) is 0 Å². The van der Waals surface area contributed by atoms with Gasteiger partial charge in [0.25, 0.3) is 0 Å². The number of hydrogen-bond donors (Lipinski definition) is 0. The van der Waals surface area contributed by atoms with Crippen LogP contribution in [-0.2, 0) is 25.7 Å². The molecule has 0 nitrogen and oxygen atoms in total. The summed E-state index contributed by atoms with van der Waals surface area (Å²) in [4.78, 5) is 0. The molecule has 0 unspecified atom stereocenters. The predicted octanol–water partition coefficient (Wildman–Crippen LogP) is 5.62. The van der Waals surface area contributed by atoms with Gasteiger partial charge >= 0.3 is 0 Å². The number of hydrogen-bond acceptors (Lipinski definition) is 0. The average Bonchev–Trinajstić information content (AvgIpc) is 2.55. The number of benzene rings is 2. The van der Waals surface area contributed by atoms with Crippen LogP contribution in [0.1, 0.15) is 49.9 Å². The fourth-order valence-electron chi connectivity index (χ4n) is 2.32. The first-order chi connectivity index (χ1) is 9.74. The molecule has 0 radical (unpaired) electrons. The van der Waals surface area contributed by atoms with E-state index in [1.807, 2.05) is 0 Å². The third-order valence-electron chi connectivity index (χ3n) is 3.69. The quantitative estimate of drug-likeness (QED) is 0.675. The van der Waals surface area contributed by atoms with Gasteiger partial charge in [0.05, 0.1) is 0 Å². The fraction of sp³-hybridized carbons (Fsp3) is 0.400. The summed E-state index contributed by atoms with van der Waals surface area (Å²) in [7, 11) is 0. The second-order valence-corrected chi connectivity index (χ2v) is 5.00. The summed E-state index contributed by atoms with van der Waals surface area (Å²) in [5.41, 5.74) is 5.87. The van der Waals surface area contributed by atoms with Crippen molar-refractivity contribution in [2.75, 3.05) is 0 Å². The smallest absolute Gasteiger partial charge is 0.0305 e. The van der Waals surface area contributed by atoms with Crippen molar-refractivity contribution in [1.82, 2.24) is 0 Å². The van der Waals surface area contributed by atoms with Gasteiger partial charge in [-0.15, -0.1) is 0 Å². The molecule has 0 aromatic heterocycles. The highest BCUT2D eigenvalue weighted by atomic mass is 14.0. The summed E-state index contributed by atoms with van der Waals surface area (Å²) in [6.07, 6.45) is 4.61. The Morgan fingerprint density at radius 2 is 1.00 bits per heavy atom. The summed E-state index contributed by atoms with van der Waals surface area (Å²) in [5, 5.41) is 0. The van der Waals surface area contributed by atoms with Crippen molar-refractivity contribution < 1.29 is 0 Å². The van der Waals surface area contributed by atoms with Crippen LogP contribution < -0.4 is 0 Å². The van der Waals surface area contributed by atoms with Crippen molar-refractivity contribution in [2.24, 2.45) is 0 Å². The zero-order valence-electron chi connectivity index (χ0n) is 13.4. The van der Waals surface area contributed by atoms with Gasteiger partial charge in [-0.1, -0.05) is 76.2 Å². The zero-order chi connectivity index (χ0) is 14.8. The standard InChI is InChI=1S/2C10H14/c1-3-9-6-5-7-10(4-2)8-9;1-3-9-7-5-6-8-10(9)4-2/h2*5-8H,3-4H2,1-2H3. The van der Waals surface area contributed by atoms with Gasteiger partial charge < -0.3 is 0 Å². The van der Waals surface area contributed by atoms with E-state index in [2.05, 4.69) is 76.2 Å². The molecule has 2 aromatic rings. The van der Waals surface area contributed by atoms with Crippen molar-refractivity contribution in [3.63, 3.8) is 0 Å². The molecule has 2 rings (SSSR count). The highest BCUT2D eigenvalue weighted by molar-refractivity contribution is 5.26. The molecule has 0 aliphatic rings. The van der Waals surface area contributed by atoms with Crippen LogP contribution in [0.4, 0.5) is 0 Å². The van der Waals surface area contributed by atoms with Gasteiger partial charge in [-0.05, 0) is 47.9 Å². The van der Waals surface area contributed by atoms with Crippen LogP contribution in [0.2, 0.25) is 0 Å². The van der Waals surface area contributed by atoms with Crippen LogP contribution >= 0.6 is 0 Å². The molecule has 0 aliphatic heterocycles. The molecule has 0 aliphatic carbocycles. The van der Waals surface area contributed by atoms with Crippen molar-refractivity contribution >= 4 is 0 Å². The highest BCUT2D eigenvalue weighted by Gasteiger charge is 1.94. The summed E-state index contributed by atoms with van der Waals surface area (Å²) < 4.78 is 0. The normalized spacial score (nSPS) is 9.80. The molecule has 0 fully saturated rings. The summed E-state index contributed by atoms with van der Waals surface area (Å²) in [6, 6.07) is 17.4. The largest absolute Gasteiger partial charge is 0.0620 e. The van der Waals surface area contributed by atoms with E-state index in [4.69, 9.17) is 0 Å². The average molecular weight is 268 g/mol. The fourth-order valence-corrected chi connectivity index (χ4v) is 2.32. The summed E-state index contributed by atoms with van der Waals surface area (Å²) in [5.74, 6) is 0. The minimum atomic E-state index is 1.15. The van der Waals surface area contributed by atoms with Gasteiger partial charge in [-0.3, -0.25) is 0 Å². The van der Waals surface area contributed by atoms with Crippen molar-refractivity contribution in [1.29, 1.82) is 0 Å². The van der Waals surface area contributed by atoms with E-state index in [0.29, 0.717) is 0 Å². The Morgan fingerprint density at radius 3 is 1.35 bits per heavy atom. The maximum Gasteiger partial charge on any atom is -0.0305 e. The van der Waals surface area contributed by atoms with Crippen LogP contribution in [0.15, 0.2) is 48.5 Å². The van der Waals surface area contributed by atoms with E-state index >= 15 is 0 Å². The van der Waals surface area contributed by atoms with Gasteiger partial charge in [0.2, 0.25) is 0 Å².